The maximum atomic E-state index is 13.6. The van der Waals surface area contributed by atoms with E-state index in [-0.39, 0.29) is 6.04 Å². The Morgan fingerprint density at radius 2 is 2.06 bits per heavy atom. The molecule has 102 valence electrons. The zero-order valence-electron chi connectivity index (χ0n) is 11.0. The van der Waals surface area contributed by atoms with Gasteiger partial charge in [0.05, 0.1) is 0 Å². The van der Waals surface area contributed by atoms with E-state index >= 15 is 0 Å². The summed E-state index contributed by atoms with van der Waals surface area (Å²) in [6, 6.07) is 4.06. The first-order valence-electron chi connectivity index (χ1n) is 6.42. The molecule has 0 aliphatic rings. The molecule has 4 heteroatoms. The van der Waals surface area contributed by atoms with E-state index in [2.05, 4.69) is 12.2 Å². The van der Waals surface area contributed by atoms with Crippen LogP contribution in [0.5, 0.6) is 0 Å². The van der Waals surface area contributed by atoms with Gasteiger partial charge in [0.25, 0.3) is 0 Å². The van der Waals surface area contributed by atoms with Crippen LogP contribution in [0.25, 0.3) is 0 Å². The standard InChI is InChI=1S/C14H21F2NS/c1-3-7-18-10-13(17-4-2)8-11-5-6-12(15)9-14(11)16/h5-6,9,13,17H,3-4,7-8,10H2,1-2H3. The number of hydrogen-bond donors (Lipinski definition) is 1. The average Bonchev–Trinajstić information content (AvgIpc) is 2.33. The Morgan fingerprint density at radius 3 is 2.67 bits per heavy atom. The molecule has 0 bridgehead atoms. The monoisotopic (exact) mass is 273 g/mol. The zero-order valence-corrected chi connectivity index (χ0v) is 11.8. The fourth-order valence-electron chi connectivity index (χ4n) is 1.80. The van der Waals surface area contributed by atoms with Crippen molar-refractivity contribution in [2.24, 2.45) is 0 Å². The molecule has 1 rings (SSSR count). The minimum atomic E-state index is -0.517. The summed E-state index contributed by atoms with van der Waals surface area (Å²) in [4.78, 5) is 0. The second-order valence-corrected chi connectivity index (χ2v) is 5.42. The molecule has 0 saturated heterocycles. The van der Waals surface area contributed by atoms with E-state index in [4.69, 9.17) is 0 Å². The normalized spacial score (nSPS) is 12.7. The lowest BCUT2D eigenvalue weighted by Crippen LogP contribution is -2.33. The van der Waals surface area contributed by atoms with Crippen LogP contribution in [-0.4, -0.2) is 24.1 Å². The van der Waals surface area contributed by atoms with Crippen LogP contribution in [0.1, 0.15) is 25.8 Å². The van der Waals surface area contributed by atoms with Crippen molar-refractivity contribution in [1.82, 2.24) is 5.32 Å². The van der Waals surface area contributed by atoms with Crippen molar-refractivity contribution in [2.45, 2.75) is 32.7 Å². The first-order valence-corrected chi connectivity index (χ1v) is 7.57. The number of benzene rings is 1. The molecule has 0 spiro atoms. The van der Waals surface area contributed by atoms with Crippen molar-refractivity contribution in [3.05, 3.63) is 35.4 Å². The van der Waals surface area contributed by atoms with Gasteiger partial charge in [-0.1, -0.05) is 19.9 Å². The van der Waals surface area contributed by atoms with Crippen LogP contribution in [0, 0.1) is 11.6 Å². The summed E-state index contributed by atoms with van der Waals surface area (Å²) in [5.74, 6) is 1.11. The molecule has 1 aromatic carbocycles. The predicted molar refractivity (Wildman–Crippen MR) is 75.1 cm³/mol. The fraction of sp³-hybridized carbons (Fsp3) is 0.571. The van der Waals surface area contributed by atoms with Crippen molar-refractivity contribution in [3.63, 3.8) is 0 Å². The van der Waals surface area contributed by atoms with Crippen molar-refractivity contribution < 1.29 is 8.78 Å². The Bertz CT molecular complexity index is 358. The van der Waals surface area contributed by atoms with Gasteiger partial charge in [-0.05, 0) is 36.8 Å². The lowest BCUT2D eigenvalue weighted by molar-refractivity contribution is 0.535. The van der Waals surface area contributed by atoms with Crippen molar-refractivity contribution in [1.29, 1.82) is 0 Å². The summed E-state index contributed by atoms with van der Waals surface area (Å²) >= 11 is 1.87. The third kappa shape index (κ3) is 5.36. The summed E-state index contributed by atoms with van der Waals surface area (Å²) < 4.78 is 26.4. The second-order valence-electron chi connectivity index (χ2n) is 4.27. The number of nitrogens with one attached hydrogen (secondary N) is 1. The van der Waals surface area contributed by atoms with E-state index in [1.54, 1.807) is 6.07 Å². The smallest absolute Gasteiger partial charge is 0.129 e. The van der Waals surface area contributed by atoms with Gasteiger partial charge in [0.15, 0.2) is 0 Å². The Kier molecular flexibility index (Phi) is 7.28. The van der Waals surface area contributed by atoms with Crippen LogP contribution in [-0.2, 0) is 6.42 Å². The lowest BCUT2D eigenvalue weighted by atomic mass is 10.1. The van der Waals surface area contributed by atoms with Crippen molar-refractivity contribution in [3.8, 4) is 0 Å². The molecule has 0 fully saturated rings. The molecule has 0 saturated carbocycles. The number of rotatable bonds is 8. The van der Waals surface area contributed by atoms with Gasteiger partial charge in [0.1, 0.15) is 11.6 Å². The molecule has 0 aromatic heterocycles. The first-order chi connectivity index (χ1) is 8.67. The molecule has 0 amide bonds. The van der Waals surface area contributed by atoms with Gasteiger partial charge < -0.3 is 5.32 Å². The maximum absolute atomic E-state index is 13.6. The summed E-state index contributed by atoms with van der Waals surface area (Å²) in [7, 11) is 0. The Morgan fingerprint density at radius 1 is 1.28 bits per heavy atom. The average molecular weight is 273 g/mol. The highest BCUT2D eigenvalue weighted by atomic mass is 32.2. The van der Waals surface area contributed by atoms with Gasteiger partial charge in [-0.25, -0.2) is 8.78 Å². The van der Waals surface area contributed by atoms with E-state index in [0.717, 1.165) is 30.5 Å². The second kappa shape index (κ2) is 8.48. The number of halogens is 2. The van der Waals surface area contributed by atoms with Crippen LogP contribution >= 0.6 is 11.8 Å². The zero-order chi connectivity index (χ0) is 13.4. The van der Waals surface area contributed by atoms with E-state index in [1.165, 1.54) is 6.07 Å². The Labute approximate surface area is 112 Å². The van der Waals surface area contributed by atoms with E-state index < -0.39 is 11.6 Å². The van der Waals surface area contributed by atoms with E-state index in [1.807, 2.05) is 18.7 Å². The highest BCUT2D eigenvalue weighted by Gasteiger charge is 2.12. The molecule has 18 heavy (non-hydrogen) atoms. The molecule has 1 N–H and O–H groups in total. The lowest BCUT2D eigenvalue weighted by Gasteiger charge is -2.18. The molecule has 0 radical (unpaired) electrons. The molecule has 0 heterocycles. The highest BCUT2D eigenvalue weighted by molar-refractivity contribution is 7.99. The molecular formula is C14H21F2NS. The Hall–Kier alpha value is -0.610. The largest absolute Gasteiger partial charge is 0.313 e. The van der Waals surface area contributed by atoms with Crippen LogP contribution in [0.4, 0.5) is 8.78 Å². The quantitative estimate of drug-likeness (QED) is 0.726. The third-order valence-corrected chi connectivity index (χ3v) is 3.98. The number of likely N-dealkylation sites (N-methyl/N-ethyl adjacent to an activating group) is 1. The van der Waals surface area contributed by atoms with Crippen LogP contribution in [0.15, 0.2) is 18.2 Å². The fourth-order valence-corrected chi connectivity index (χ4v) is 2.78. The molecule has 1 nitrogen and oxygen atoms in total. The van der Waals surface area contributed by atoms with Crippen LogP contribution in [0.2, 0.25) is 0 Å². The Balaban J connectivity index is 2.58. The van der Waals surface area contributed by atoms with Gasteiger partial charge in [-0.2, -0.15) is 11.8 Å². The minimum Gasteiger partial charge on any atom is -0.313 e. The molecule has 0 aliphatic heterocycles. The van der Waals surface area contributed by atoms with Gasteiger partial charge in [-0.15, -0.1) is 0 Å². The summed E-state index contributed by atoms with van der Waals surface area (Å²) in [6.07, 6.45) is 1.76. The van der Waals surface area contributed by atoms with Crippen LogP contribution < -0.4 is 5.32 Å². The molecule has 0 aliphatic carbocycles. The SMILES string of the molecule is CCCSCC(Cc1ccc(F)cc1F)NCC. The summed E-state index contributed by atoms with van der Waals surface area (Å²) in [6.45, 7) is 5.05. The maximum Gasteiger partial charge on any atom is 0.129 e. The third-order valence-electron chi connectivity index (χ3n) is 2.64. The first kappa shape index (κ1) is 15.4. The minimum absolute atomic E-state index is 0.242. The van der Waals surface area contributed by atoms with Crippen LogP contribution in [0.3, 0.4) is 0 Å². The van der Waals surface area contributed by atoms with E-state index in [0.29, 0.717) is 12.0 Å². The summed E-state index contributed by atoms with van der Waals surface area (Å²) in [5.41, 5.74) is 0.583. The van der Waals surface area contributed by atoms with Crippen molar-refractivity contribution >= 4 is 11.8 Å². The van der Waals surface area contributed by atoms with Crippen molar-refractivity contribution in [2.75, 3.05) is 18.1 Å². The van der Waals surface area contributed by atoms with Gasteiger partial charge in [-0.3, -0.25) is 0 Å². The molecular weight excluding hydrogens is 252 g/mol. The highest BCUT2D eigenvalue weighted by Crippen LogP contribution is 2.14. The van der Waals surface area contributed by atoms with Gasteiger partial charge in [0, 0.05) is 17.9 Å². The number of thioether (sulfide) groups is 1. The summed E-state index contributed by atoms with van der Waals surface area (Å²) in [5, 5.41) is 3.35. The van der Waals surface area contributed by atoms with Gasteiger partial charge >= 0.3 is 0 Å². The predicted octanol–water partition coefficient (Wildman–Crippen LogP) is 3.63. The molecule has 1 aromatic rings. The topological polar surface area (TPSA) is 12.0 Å². The van der Waals surface area contributed by atoms with Gasteiger partial charge in [0.2, 0.25) is 0 Å². The molecule has 1 atom stereocenters. The molecule has 1 unspecified atom stereocenters. The number of hydrogen-bond acceptors (Lipinski definition) is 2. The van der Waals surface area contributed by atoms with E-state index in [9.17, 15) is 8.78 Å².